The summed E-state index contributed by atoms with van der Waals surface area (Å²) in [5, 5.41) is 13.5. The van der Waals surface area contributed by atoms with E-state index in [4.69, 9.17) is 16.3 Å². The Hall–Kier alpha value is -3.72. The lowest BCUT2D eigenvalue weighted by Crippen LogP contribution is -2.48. The van der Waals surface area contributed by atoms with E-state index in [1.54, 1.807) is 6.07 Å². The highest BCUT2D eigenvalue weighted by Gasteiger charge is 2.26. The van der Waals surface area contributed by atoms with Gasteiger partial charge in [0.1, 0.15) is 12.4 Å². The summed E-state index contributed by atoms with van der Waals surface area (Å²) in [4.78, 5) is 17.6. The third kappa shape index (κ3) is 6.35. The molecule has 1 aliphatic rings. The molecule has 0 bridgehead atoms. The Balaban J connectivity index is 1.17. The number of piperazine rings is 1. The molecule has 1 saturated heterocycles. The van der Waals surface area contributed by atoms with E-state index in [2.05, 4.69) is 73.0 Å². The van der Waals surface area contributed by atoms with Crippen molar-refractivity contribution in [1.82, 2.24) is 25.2 Å². The van der Waals surface area contributed by atoms with Crippen LogP contribution in [-0.2, 0) is 0 Å². The van der Waals surface area contributed by atoms with Gasteiger partial charge >= 0.3 is 0 Å². The maximum atomic E-state index is 12.7. The molecule has 1 atom stereocenters. The molecule has 1 fully saturated rings. The van der Waals surface area contributed by atoms with Gasteiger partial charge in [0.15, 0.2) is 5.82 Å². The van der Waals surface area contributed by atoms with Crippen LogP contribution >= 0.6 is 11.6 Å². The minimum Gasteiger partial charge on any atom is -0.491 e. The normalized spacial score (nSPS) is 15.3. The van der Waals surface area contributed by atoms with E-state index in [1.807, 2.05) is 30.3 Å². The van der Waals surface area contributed by atoms with Gasteiger partial charge in [-0.05, 0) is 35.4 Å². The molecule has 1 unspecified atom stereocenters. The molecular formula is C28H29ClN6O2. The summed E-state index contributed by atoms with van der Waals surface area (Å²) in [7, 11) is 0. The van der Waals surface area contributed by atoms with Crippen molar-refractivity contribution < 1.29 is 9.53 Å². The van der Waals surface area contributed by atoms with Crippen molar-refractivity contribution in [1.29, 1.82) is 0 Å². The highest BCUT2D eigenvalue weighted by Crippen LogP contribution is 2.30. The zero-order valence-corrected chi connectivity index (χ0v) is 21.1. The van der Waals surface area contributed by atoms with E-state index < -0.39 is 0 Å². The van der Waals surface area contributed by atoms with Crippen molar-refractivity contribution in [2.24, 2.45) is 0 Å². The first-order valence-electron chi connectivity index (χ1n) is 12.3. The fraction of sp³-hybridized carbons (Fsp3) is 0.250. The van der Waals surface area contributed by atoms with Gasteiger partial charge in [0, 0.05) is 37.7 Å². The molecule has 3 aromatic carbocycles. The molecule has 8 nitrogen and oxygen atoms in total. The lowest BCUT2D eigenvalue weighted by Gasteiger charge is -2.39. The second-order valence-electron chi connectivity index (χ2n) is 8.90. The summed E-state index contributed by atoms with van der Waals surface area (Å²) in [6.07, 6.45) is 1.45. The molecule has 0 aliphatic carbocycles. The van der Waals surface area contributed by atoms with Crippen molar-refractivity contribution in [2.45, 2.75) is 6.04 Å². The zero-order chi connectivity index (χ0) is 25.5. The van der Waals surface area contributed by atoms with E-state index in [-0.39, 0.29) is 11.9 Å². The number of aromatic amines is 1. The maximum absolute atomic E-state index is 12.7. The van der Waals surface area contributed by atoms with Crippen molar-refractivity contribution >= 4 is 23.3 Å². The van der Waals surface area contributed by atoms with Crippen LogP contribution in [0.15, 0.2) is 85.1 Å². The standard InChI is InChI=1S/C28H29ClN6O2/c29-23-12-10-22(11-13-23)27(21-6-2-1-3-7-21)35-16-14-34(15-17-35)18-19-37-25-9-5-4-8-24(25)28(36)31-26-20-30-33-32-26/h1-13,20,27H,14-19H2,(H2,30,31,32,33,36). The number of carbonyl (C=O) groups excluding carboxylic acids is 1. The fourth-order valence-corrected chi connectivity index (χ4v) is 4.78. The number of anilines is 1. The van der Waals surface area contributed by atoms with Gasteiger partial charge in [0.25, 0.3) is 5.91 Å². The molecule has 4 aromatic rings. The summed E-state index contributed by atoms with van der Waals surface area (Å²) >= 11 is 6.16. The van der Waals surface area contributed by atoms with E-state index in [0.29, 0.717) is 23.7 Å². The van der Waals surface area contributed by atoms with Crippen LogP contribution in [0.25, 0.3) is 0 Å². The average molecular weight is 517 g/mol. The molecule has 37 heavy (non-hydrogen) atoms. The summed E-state index contributed by atoms with van der Waals surface area (Å²) < 4.78 is 6.03. The number of rotatable bonds is 9. The molecule has 2 heterocycles. The molecule has 1 amide bonds. The van der Waals surface area contributed by atoms with E-state index >= 15 is 0 Å². The largest absolute Gasteiger partial charge is 0.491 e. The Kier molecular flexibility index (Phi) is 8.10. The number of H-pyrrole nitrogens is 1. The molecule has 0 spiro atoms. The highest BCUT2D eigenvalue weighted by molar-refractivity contribution is 6.30. The van der Waals surface area contributed by atoms with Crippen molar-refractivity contribution in [3.63, 3.8) is 0 Å². The van der Waals surface area contributed by atoms with Crippen LogP contribution in [0.3, 0.4) is 0 Å². The van der Waals surface area contributed by atoms with Gasteiger partial charge in [-0.3, -0.25) is 14.6 Å². The van der Waals surface area contributed by atoms with Gasteiger partial charge in [-0.2, -0.15) is 10.3 Å². The molecule has 1 aliphatic heterocycles. The van der Waals surface area contributed by atoms with Crippen molar-refractivity contribution in [3.8, 4) is 5.75 Å². The zero-order valence-electron chi connectivity index (χ0n) is 20.4. The van der Waals surface area contributed by atoms with Gasteiger partial charge in [-0.15, -0.1) is 5.10 Å². The van der Waals surface area contributed by atoms with Gasteiger partial charge in [-0.1, -0.05) is 66.2 Å². The second kappa shape index (κ2) is 12.0. The van der Waals surface area contributed by atoms with Crippen LogP contribution in [0.1, 0.15) is 27.5 Å². The lowest BCUT2D eigenvalue weighted by atomic mass is 9.96. The van der Waals surface area contributed by atoms with E-state index in [1.165, 1.54) is 17.3 Å². The number of para-hydroxylation sites is 1. The molecule has 190 valence electrons. The number of halogens is 1. The van der Waals surface area contributed by atoms with Crippen LogP contribution in [0.2, 0.25) is 5.02 Å². The fourth-order valence-electron chi connectivity index (χ4n) is 4.65. The first kappa shape index (κ1) is 25.0. The summed E-state index contributed by atoms with van der Waals surface area (Å²) in [6.45, 7) is 5.04. The predicted molar refractivity (Wildman–Crippen MR) is 144 cm³/mol. The minimum atomic E-state index is -0.285. The van der Waals surface area contributed by atoms with Crippen molar-refractivity contribution in [3.05, 3.63) is 107 Å². The minimum absolute atomic E-state index is 0.187. The molecule has 0 saturated carbocycles. The summed E-state index contributed by atoms with van der Waals surface area (Å²) in [5.74, 6) is 0.631. The third-order valence-corrected chi connectivity index (χ3v) is 6.78. The Bertz CT molecular complexity index is 1280. The second-order valence-corrected chi connectivity index (χ2v) is 9.33. The number of carbonyl (C=O) groups is 1. The molecule has 9 heteroatoms. The Morgan fingerprint density at radius 2 is 1.65 bits per heavy atom. The smallest absolute Gasteiger partial charge is 0.260 e. The Labute approximate surface area is 221 Å². The summed E-state index contributed by atoms with van der Waals surface area (Å²) in [6, 6.07) is 26.2. The van der Waals surface area contributed by atoms with Gasteiger partial charge < -0.3 is 10.1 Å². The first-order valence-corrected chi connectivity index (χ1v) is 12.7. The molecule has 1 aromatic heterocycles. The monoisotopic (exact) mass is 516 g/mol. The van der Waals surface area contributed by atoms with E-state index in [9.17, 15) is 4.79 Å². The Morgan fingerprint density at radius 3 is 2.38 bits per heavy atom. The van der Waals surface area contributed by atoms with Gasteiger partial charge in [0.2, 0.25) is 0 Å². The molecular weight excluding hydrogens is 488 g/mol. The third-order valence-electron chi connectivity index (χ3n) is 6.53. The Morgan fingerprint density at radius 1 is 0.946 bits per heavy atom. The summed E-state index contributed by atoms with van der Waals surface area (Å²) in [5.41, 5.74) is 2.99. The molecule has 2 N–H and O–H groups in total. The van der Waals surface area contributed by atoms with Gasteiger partial charge in [-0.25, -0.2) is 0 Å². The first-order chi connectivity index (χ1) is 18.2. The van der Waals surface area contributed by atoms with Crippen LogP contribution in [0, 0.1) is 0 Å². The number of aromatic nitrogens is 3. The van der Waals surface area contributed by atoms with Crippen LogP contribution in [0.5, 0.6) is 5.75 Å². The number of hydrogen-bond acceptors (Lipinski definition) is 6. The number of benzene rings is 3. The molecule has 0 radical (unpaired) electrons. The predicted octanol–water partition coefficient (Wildman–Crippen LogP) is 4.50. The highest BCUT2D eigenvalue weighted by atomic mass is 35.5. The van der Waals surface area contributed by atoms with Gasteiger partial charge in [0.05, 0.1) is 17.8 Å². The number of nitrogens with zero attached hydrogens (tertiary/aromatic N) is 4. The maximum Gasteiger partial charge on any atom is 0.260 e. The number of ether oxygens (including phenoxy) is 1. The number of amides is 1. The average Bonchev–Trinajstić information content (AvgIpc) is 3.45. The number of hydrogen-bond donors (Lipinski definition) is 2. The SMILES string of the molecule is O=C(Nc1cn[nH]n1)c1ccccc1OCCN1CCN(C(c2ccccc2)c2ccc(Cl)cc2)CC1. The van der Waals surface area contributed by atoms with Crippen LogP contribution in [0.4, 0.5) is 5.82 Å². The number of nitrogens with one attached hydrogen (secondary N) is 2. The molecule has 5 rings (SSSR count). The van der Waals surface area contributed by atoms with E-state index in [0.717, 1.165) is 37.7 Å². The topological polar surface area (TPSA) is 86.4 Å². The van der Waals surface area contributed by atoms with Crippen molar-refractivity contribution in [2.75, 3.05) is 44.6 Å². The quantitative estimate of drug-likeness (QED) is 0.341. The van der Waals surface area contributed by atoms with Crippen LogP contribution < -0.4 is 10.1 Å². The van der Waals surface area contributed by atoms with Crippen LogP contribution in [-0.4, -0.2) is 70.4 Å². The lowest BCUT2D eigenvalue weighted by molar-refractivity contribution is 0.0963.